The van der Waals surface area contributed by atoms with Crippen molar-refractivity contribution in [3.8, 4) is 26.7 Å². The van der Waals surface area contributed by atoms with E-state index in [2.05, 4.69) is 74.6 Å². The Morgan fingerprint density at radius 2 is 1.52 bits per heavy atom. The number of thiophene rings is 1. The fraction of sp³-hybridized carbons (Fsp3) is 0.441. The molecular weight excluding hydrogens is 673 g/mol. The van der Waals surface area contributed by atoms with Crippen LogP contribution in [0.1, 0.15) is 75.5 Å². The highest BCUT2D eigenvalue weighted by molar-refractivity contribution is 14.1. The minimum Gasteiger partial charge on any atom is -0.292 e. The molecule has 0 saturated heterocycles. The molecule has 0 bridgehead atoms. The van der Waals surface area contributed by atoms with Crippen molar-refractivity contribution in [1.29, 1.82) is 0 Å². The number of aromatic nitrogens is 2. The predicted octanol–water partition coefficient (Wildman–Crippen LogP) is 9.07. The Morgan fingerprint density at radius 3 is 2.19 bits per heavy atom. The van der Waals surface area contributed by atoms with E-state index in [1.54, 1.807) is 23.5 Å². The van der Waals surface area contributed by atoms with Gasteiger partial charge in [-0.3, -0.25) is 4.90 Å². The summed E-state index contributed by atoms with van der Waals surface area (Å²) in [5, 5.41) is 5.32. The van der Waals surface area contributed by atoms with Gasteiger partial charge in [0.15, 0.2) is 9.84 Å². The molecule has 2 aliphatic rings. The summed E-state index contributed by atoms with van der Waals surface area (Å²) in [5.74, 6) is 0. The van der Waals surface area contributed by atoms with Gasteiger partial charge in [-0.2, -0.15) is 5.10 Å². The minimum absolute atomic E-state index is 0.351. The highest BCUT2D eigenvalue weighted by atomic mass is 127. The Morgan fingerprint density at radius 1 is 0.857 bits per heavy atom. The SMILES string of the molecule is CS(=O)(=O)c1cccc(-c2ccc(-c3cc(CN(C4CCCCC4)C4CCCCC4)nn3-c3ccccc3CI)s2)c1. The Hall–Kier alpha value is -2.01. The zero-order valence-corrected chi connectivity index (χ0v) is 28.1. The van der Waals surface area contributed by atoms with Gasteiger partial charge in [0, 0.05) is 34.2 Å². The smallest absolute Gasteiger partial charge is 0.175 e. The number of alkyl halides is 1. The highest BCUT2D eigenvalue weighted by Crippen LogP contribution is 2.38. The van der Waals surface area contributed by atoms with E-state index in [0.29, 0.717) is 17.0 Å². The fourth-order valence-corrected chi connectivity index (χ4v) is 9.09. The Labute approximate surface area is 268 Å². The molecule has 2 heterocycles. The summed E-state index contributed by atoms with van der Waals surface area (Å²) in [6.07, 6.45) is 14.6. The molecule has 0 spiro atoms. The summed E-state index contributed by atoms with van der Waals surface area (Å²) < 4.78 is 27.5. The summed E-state index contributed by atoms with van der Waals surface area (Å²) in [6, 6.07) is 23.8. The second-order valence-corrected chi connectivity index (χ2v) is 15.8. The number of rotatable bonds is 9. The van der Waals surface area contributed by atoms with E-state index in [4.69, 9.17) is 5.10 Å². The molecule has 4 aromatic rings. The Balaban J connectivity index is 1.39. The first-order chi connectivity index (χ1) is 20.4. The van der Waals surface area contributed by atoms with Crippen molar-refractivity contribution in [2.45, 2.75) is 92.2 Å². The number of benzene rings is 2. The van der Waals surface area contributed by atoms with E-state index in [9.17, 15) is 8.42 Å². The highest BCUT2D eigenvalue weighted by Gasteiger charge is 2.30. The normalized spacial score (nSPS) is 17.2. The molecule has 0 aliphatic heterocycles. The lowest BCUT2D eigenvalue weighted by atomic mass is 9.88. The Kier molecular flexibility index (Phi) is 9.53. The van der Waals surface area contributed by atoms with Gasteiger partial charge in [0.05, 0.1) is 26.8 Å². The van der Waals surface area contributed by atoms with Gasteiger partial charge in [-0.15, -0.1) is 11.3 Å². The van der Waals surface area contributed by atoms with Gasteiger partial charge in [-0.25, -0.2) is 13.1 Å². The molecule has 42 heavy (non-hydrogen) atoms. The van der Waals surface area contributed by atoms with Gasteiger partial charge in [0.25, 0.3) is 0 Å². The number of sulfone groups is 1. The first kappa shape index (κ1) is 30.0. The monoisotopic (exact) mass is 713 g/mol. The van der Waals surface area contributed by atoms with Crippen LogP contribution in [0.15, 0.2) is 71.6 Å². The summed E-state index contributed by atoms with van der Waals surface area (Å²) in [6.45, 7) is 0.899. The summed E-state index contributed by atoms with van der Waals surface area (Å²) >= 11 is 4.14. The second kappa shape index (κ2) is 13.3. The molecule has 0 N–H and O–H groups in total. The number of para-hydroxylation sites is 1. The van der Waals surface area contributed by atoms with Crippen LogP contribution < -0.4 is 0 Å². The minimum atomic E-state index is -3.27. The average molecular weight is 714 g/mol. The van der Waals surface area contributed by atoms with Crippen molar-refractivity contribution >= 4 is 43.8 Å². The molecule has 0 atom stereocenters. The third kappa shape index (κ3) is 6.71. The van der Waals surface area contributed by atoms with Crippen molar-refractivity contribution in [1.82, 2.24) is 14.7 Å². The summed E-state index contributed by atoms with van der Waals surface area (Å²) in [4.78, 5) is 5.37. The first-order valence-electron chi connectivity index (χ1n) is 15.3. The van der Waals surface area contributed by atoms with Gasteiger partial charge >= 0.3 is 0 Å². The van der Waals surface area contributed by atoms with Gasteiger partial charge in [0.2, 0.25) is 0 Å². The molecule has 5 nitrogen and oxygen atoms in total. The van der Waals surface area contributed by atoms with Crippen molar-refractivity contribution in [2.24, 2.45) is 0 Å². The summed E-state index contributed by atoms with van der Waals surface area (Å²) in [7, 11) is -3.27. The number of hydrogen-bond donors (Lipinski definition) is 0. The molecule has 2 aromatic heterocycles. The van der Waals surface area contributed by atoms with E-state index in [1.807, 2.05) is 12.1 Å². The standard InChI is InChI=1S/C34H40IN3O2S2/c1-42(39,40)30-17-10-12-25(21-30)33-19-20-34(41-33)32-22-27(36-38(32)31-18-9-8-11-26(31)23-35)24-37(28-13-4-2-5-14-28)29-15-6-3-7-16-29/h8-12,17-22,28-29H,2-7,13-16,23-24H2,1H3. The second-order valence-electron chi connectivity index (χ2n) is 11.9. The molecule has 8 heteroatoms. The average Bonchev–Trinajstić information content (AvgIpc) is 3.68. The van der Waals surface area contributed by atoms with Gasteiger partial charge < -0.3 is 0 Å². The molecule has 0 unspecified atom stereocenters. The quantitative estimate of drug-likeness (QED) is 0.128. The van der Waals surface area contributed by atoms with Gasteiger partial charge in [-0.1, -0.05) is 91.4 Å². The molecule has 2 fully saturated rings. The Bertz CT molecular complexity index is 1600. The van der Waals surface area contributed by atoms with E-state index >= 15 is 0 Å². The maximum Gasteiger partial charge on any atom is 0.175 e. The van der Waals surface area contributed by atoms with Gasteiger partial charge in [0.1, 0.15) is 0 Å². The van der Waals surface area contributed by atoms with Crippen LogP contribution in [0.2, 0.25) is 0 Å². The van der Waals surface area contributed by atoms with E-state index < -0.39 is 9.84 Å². The molecule has 0 radical (unpaired) electrons. The van der Waals surface area contributed by atoms with Crippen molar-refractivity contribution in [3.05, 3.63) is 78.0 Å². The fourth-order valence-electron chi connectivity index (χ4n) is 6.78. The van der Waals surface area contributed by atoms with E-state index in [0.717, 1.165) is 43.4 Å². The number of hydrogen-bond acceptors (Lipinski definition) is 5. The summed E-state index contributed by atoms with van der Waals surface area (Å²) in [5.41, 5.74) is 5.56. The van der Waals surface area contributed by atoms with Crippen LogP contribution in [0.4, 0.5) is 0 Å². The zero-order chi connectivity index (χ0) is 29.1. The lowest BCUT2D eigenvalue weighted by Gasteiger charge is -2.41. The molecule has 222 valence electrons. The third-order valence-electron chi connectivity index (χ3n) is 8.96. The van der Waals surface area contributed by atoms with Crippen LogP contribution >= 0.6 is 33.9 Å². The van der Waals surface area contributed by atoms with Crippen LogP contribution in [-0.2, 0) is 20.8 Å². The molecule has 2 aromatic carbocycles. The lowest BCUT2D eigenvalue weighted by Crippen LogP contribution is -2.44. The molecular formula is C34H40IN3O2S2. The maximum absolute atomic E-state index is 12.2. The maximum atomic E-state index is 12.2. The van der Waals surface area contributed by atoms with Crippen molar-refractivity contribution < 1.29 is 8.42 Å². The number of nitrogens with zero attached hydrogens (tertiary/aromatic N) is 3. The van der Waals surface area contributed by atoms with Gasteiger partial charge in [-0.05, 0) is 73.2 Å². The van der Waals surface area contributed by atoms with Crippen LogP contribution in [0, 0.1) is 0 Å². The van der Waals surface area contributed by atoms with Crippen molar-refractivity contribution in [2.75, 3.05) is 6.26 Å². The molecule has 6 rings (SSSR count). The molecule has 0 amide bonds. The molecule has 2 saturated carbocycles. The molecule has 2 aliphatic carbocycles. The van der Waals surface area contributed by atoms with Crippen LogP contribution in [0.25, 0.3) is 26.7 Å². The van der Waals surface area contributed by atoms with E-state index in [1.165, 1.54) is 76.0 Å². The number of halogens is 1. The first-order valence-corrected chi connectivity index (χ1v) is 19.5. The van der Waals surface area contributed by atoms with Crippen LogP contribution in [0.3, 0.4) is 0 Å². The topological polar surface area (TPSA) is 55.2 Å². The lowest BCUT2D eigenvalue weighted by molar-refractivity contribution is 0.0717. The van der Waals surface area contributed by atoms with Crippen molar-refractivity contribution in [3.63, 3.8) is 0 Å². The van der Waals surface area contributed by atoms with E-state index in [-0.39, 0.29) is 0 Å². The van der Waals surface area contributed by atoms with Crippen LogP contribution in [0.5, 0.6) is 0 Å². The predicted molar refractivity (Wildman–Crippen MR) is 182 cm³/mol. The largest absolute Gasteiger partial charge is 0.292 e. The third-order valence-corrected chi connectivity index (χ3v) is 12.0. The van der Waals surface area contributed by atoms with Crippen LogP contribution in [-0.4, -0.2) is 41.4 Å². The zero-order valence-electron chi connectivity index (χ0n) is 24.3.